The minimum Gasteiger partial charge on any atom is -0.307 e. The number of nitrogens with one attached hydrogen (secondary N) is 2. The molecule has 1 aliphatic heterocycles. The summed E-state index contributed by atoms with van der Waals surface area (Å²) in [4.78, 5) is 29.1. The lowest BCUT2D eigenvalue weighted by atomic mass is 10.1. The molecule has 3 amide bonds. The zero-order chi connectivity index (χ0) is 19.4. The van der Waals surface area contributed by atoms with Crippen LogP contribution in [0.5, 0.6) is 0 Å². The number of hydrogen-bond donors (Lipinski definition) is 2. The Morgan fingerprint density at radius 3 is 2.74 bits per heavy atom. The minimum absolute atomic E-state index is 0.343. The number of para-hydroxylation sites is 1. The van der Waals surface area contributed by atoms with Crippen LogP contribution in [0.4, 0.5) is 16.2 Å². The van der Waals surface area contributed by atoms with E-state index in [1.165, 1.54) is 17.3 Å². The molecule has 1 aliphatic rings. The van der Waals surface area contributed by atoms with Crippen molar-refractivity contribution in [3.8, 4) is 0 Å². The Hall–Kier alpha value is -2.25. The first-order valence-electron chi connectivity index (χ1n) is 8.57. The Morgan fingerprint density at radius 1 is 1.19 bits per heavy atom. The molecule has 0 fully saturated rings. The van der Waals surface area contributed by atoms with E-state index in [1.807, 2.05) is 50.2 Å². The van der Waals surface area contributed by atoms with Gasteiger partial charge in [0.2, 0.25) is 5.91 Å². The monoisotopic (exact) mass is 399 g/mol. The van der Waals surface area contributed by atoms with Gasteiger partial charge in [0.15, 0.2) is 0 Å². The number of fused-ring (bicyclic) bond motifs is 1. The maximum Gasteiger partial charge on any atom is 0.325 e. The molecule has 0 saturated heterocycles. The molecular weight excluding hydrogens is 378 g/mol. The molecular formula is C20H21N3O2S2. The summed E-state index contributed by atoms with van der Waals surface area (Å²) in [6, 6.07) is 13.2. The zero-order valence-corrected chi connectivity index (χ0v) is 17.0. The van der Waals surface area contributed by atoms with Crippen molar-refractivity contribution in [1.29, 1.82) is 0 Å². The molecule has 0 aliphatic carbocycles. The predicted octanol–water partition coefficient (Wildman–Crippen LogP) is 5.01. The van der Waals surface area contributed by atoms with Crippen LogP contribution in [0.3, 0.4) is 0 Å². The quantitative estimate of drug-likeness (QED) is 0.761. The van der Waals surface area contributed by atoms with Crippen molar-refractivity contribution in [3.63, 3.8) is 0 Å². The van der Waals surface area contributed by atoms with Gasteiger partial charge in [0, 0.05) is 11.4 Å². The second-order valence-electron chi connectivity index (χ2n) is 6.32. The molecule has 0 saturated carbocycles. The number of benzene rings is 2. The summed E-state index contributed by atoms with van der Waals surface area (Å²) < 4.78 is 0.839. The molecule has 1 unspecified atom stereocenters. The average Bonchev–Trinajstić information content (AvgIpc) is 2.64. The van der Waals surface area contributed by atoms with Crippen LogP contribution in [0.15, 0.2) is 47.5 Å². The number of carbonyl (C=O) groups is 2. The fourth-order valence-corrected chi connectivity index (χ4v) is 4.79. The van der Waals surface area contributed by atoms with Gasteiger partial charge in [-0.3, -0.25) is 10.1 Å². The highest BCUT2D eigenvalue weighted by Crippen LogP contribution is 2.35. The first-order valence-corrected chi connectivity index (χ1v) is 10.4. The lowest BCUT2D eigenvalue weighted by Gasteiger charge is -2.17. The SMILES string of the molecule is Cc1ccc(NC(=O)NC(=O)C(C)SC2=Nc3ccccc3CS2)c(C)c1. The van der Waals surface area contributed by atoms with Gasteiger partial charge in [0.05, 0.1) is 10.9 Å². The van der Waals surface area contributed by atoms with Crippen LogP contribution in [0.2, 0.25) is 0 Å². The van der Waals surface area contributed by atoms with E-state index in [-0.39, 0.29) is 5.91 Å². The molecule has 2 N–H and O–H groups in total. The van der Waals surface area contributed by atoms with E-state index in [4.69, 9.17) is 0 Å². The largest absolute Gasteiger partial charge is 0.325 e. The summed E-state index contributed by atoms with van der Waals surface area (Å²) in [6.45, 7) is 5.68. The molecule has 2 aromatic carbocycles. The number of aryl methyl sites for hydroxylation is 2. The molecule has 0 spiro atoms. The van der Waals surface area contributed by atoms with Crippen LogP contribution < -0.4 is 10.6 Å². The highest BCUT2D eigenvalue weighted by atomic mass is 32.2. The second-order valence-corrected chi connectivity index (χ2v) is 8.87. The summed E-state index contributed by atoms with van der Waals surface area (Å²) in [5, 5.41) is 4.70. The number of anilines is 1. The Bertz CT molecular complexity index is 912. The smallest absolute Gasteiger partial charge is 0.307 e. The predicted molar refractivity (Wildman–Crippen MR) is 115 cm³/mol. The average molecular weight is 400 g/mol. The summed E-state index contributed by atoms with van der Waals surface area (Å²) >= 11 is 2.98. The maximum absolute atomic E-state index is 12.3. The van der Waals surface area contributed by atoms with Crippen LogP contribution >= 0.6 is 23.5 Å². The van der Waals surface area contributed by atoms with E-state index in [0.717, 1.165) is 26.9 Å². The summed E-state index contributed by atoms with van der Waals surface area (Å²) in [5.74, 6) is 0.494. The van der Waals surface area contributed by atoms with Gasteiger partial charge in [-0.15, -0.1) is 0 Å². The van der Waals surface area contributed by atoms with Gasteiger partial charge in [0.25, 0.3) is 0 Å². The fourth-order valence-electron chi connectivity index (χ4n) is 2.60. The van der Waals surface area contributed by atoms with Gasteiger partial charge < -0.3 is 5.32 Å². The number of imide groups is 1. The van der Waals surface area contributed by atoms with Gasteiger partial charge in [-0.1, -0.05) is 59.4 Å². The fraction of sp³-hybridized carbons (Fsp3) is 0.250. The van der Waals surface area contributed by atoms with E-state index in [9.17, 15) is 9.59 Å². The van der Waals surface area contributed by atoms with Crippen LogP contribution in [0.1, 0.15) is 23.6 Å². The Labute approximate surface area is 167 Å². The first-order chi connectivity index (χ1) is 12.9. The van der Waals surface area contributed by atoms with E-state index in [2.05, 4.69) is 21.7 Å². The van der Waals surface area contributed by atoms with Crippen LogP contribution in [-0.2, 0) is 10.5 Å². The van der Waals surface area contributed by atoms with Gasteiger partial charge in [-0.05, 0) is 44.0 Å². The third kappa shape index (κ3) is 5.14. The molecule has 1 heterocycles. The van der Waals surface area contributed by atoms with Crippen molar-refractivity contribution in [2.24, 2.45) is 4.99 Å². The number of rotatable bonds is 3. The van der Waals surface area contributed by atoms with Crippen molar-refractivity contribution in [3.05, 3.63) is 59.2 Å². The standard InChI is InChI=1S/C20H21N3O2S2/c1-12-8-9-16(13(2)10-12)21-19(25)23-18(24)14(3)27-20-22-17-7-5-4-6-15(17)11-26-20/h4-10,14H,11H2,1-3H3,(H2,21,23,24,25). The molecule has 0 radical (unpaired) electrons. The molecule has 5 nitrogen and oxygen atoms in total. The molecule has 0 aromatic heterocycles. The number of aliphatic imine (C=N–C) groups is 1. The van der Waals surface area contributed by atoms with Crippen molar-refractivity contribution < 1.29 is 9.59 Å². The molecule has 140 valence electrons. The molecule has 3 rings (SSSR count). The summed E-state index contributed by atoms with van der Waals surface area (Å²) in [6.07, 6.45) is 0. The van der Waals surface area contributed by atoms with Gasteiger partial charge in [0.1, 0.15) is 4.38 Å². The maximum atomic E-state index is 12.3. The molecule has 0 bridgehead atoms. The number of thioether (sulfide) groups is 2. The number of carbonyl (C=O) groups excluding carboxylic acids is 2. The normalized spacial score (nSPS) is 14.0. The number of urea groups is 1. The van der Waals surface area contributed by atoms with E-state index >= 15 is 0 Å². The topological polar surface area (TPSA) is 70.6 Å². The van der Waals surface area contributed by atoms with Crippen LogP contribution in [0.25, 0.3) is 0 Å². The molecule has 2 aromatic rings. The van der Waals surface area contributed by atoms with Crippen molar-refractivity contribution in [1.82, 2.24) is 5.32 Å². The Balaban J connectivity index is 1.56. The van der Waals surface area contributed by atoms with E-state index in [1.54, 1.807) is 18.7 Å². The third-order valence-electron chi connectivity index (χ3n) is 4.07. The lowest BCUT2D eigenvalue weighted by Crippen LogP contribution is -2.39. The summed E-state index contributed by atoms with van der Waals surface area (Å²) in [7, 11) is 0. The highest BCUT2D eigenvalue weighted by Gasteiger charge is 2.21. The Kier molecular flexibility index (Phi) is 6.23. The highest BCUT2D eigenvalue weighted by molar-refractivity contribution is 8.39. The first kappa shape index (κ1) is 19.5. The van der Waals surface area contributed by atoms with Crippen molar-refractivity contribution in [2.75, 3.05) is 5.32 Å². The minimum atomic E-state index is -0.525. The van der Waals surface area contributed by atoms with Crippen molar-refractivity contribution >= 4 is 51.2 Å². The van der Waals surface area contributed by atoms with Crippen LogP contribution in [0, 0.1) is 13.8 Å². The van der Waals surface area contributed by atoms with Crippen LogP contribution in [-0.4, -0.2) is 21.6 Å². The zero-order valence-electron chi connectivity index (χ0n) is 15.4. The van der Waals surface area contributed by atoms with Gasteiger partial charge in [-0.2, -0.15) is 0 Å². The number of amides is 3. The van der Waals surface area contributed by atoms with E-state index < -0.39 is 11.3 Å². The van der Waals surface area contributed by atoms with Gasteiger partial charge in [-0.25, -0.2) is 9.79 Å². The summed E-state index contributed by atoms with van der Waals surface area (Å²) in [5.41, 5.74) is 4.89. The van der Waals surface area contributed by atoms with E-state index in [0.29, 0.717) is 5.69 Å². The molecule has 1 atom stereocenters. The number of hydrogen-bond acceptors (Lipinski definition) is 5. The lowest BCUT2D eigenvalue weighted by molar-refractivity contribution is -0.119. The van der Waals surface area contributed by atoms with Crippen molar-refractivity contribution in [2.45, 2.75) is 31.8 Å². The molecule has 27 heavy (non-hydrogen) atoms. The third-order valence-corrected chi connectivity index (χ3v) is 6.36. The second kappa shape index (κ2) is 8.63. The van der Waals surface area contributed by atoms with Gasteiger partial charge >= 0.3 is 6.03 Å². The number of nitrogens with zero attached hydrogens (tertiary/aromatic N) is 1. The Morgan fingerprint density at radius 2 is 1.96 bits per heavy atom. The molecule has 7 heteroatoms.